The Kier molecular flexibility index (Phi) is 6.80. The minimum absolute atomic E-state index is 0.146. The minimum atomic E-state index is -1.03. The van der Waals surface area contributed by atoms with Crippen molar-refractivity contribution in [1.82, 2.24) is 19.8 Å². The lowest BCUT2D eigenvalue weighted by atomic mass is 9.95. The Balaban J connectivity index is 1.71. The van der Waals surface area contributed by atoms with Gasteiger partial charge in [0.05, 0.1) is 36.1 Å². The summed E-state index contributed by atoms with van der Waals surface area (Å²) in [6.07, 6.45) is 2.02. The molecule has 2 fully saturated rings. The van der Waals surface area contributed by atoms with Crippen molar-refractivity contribution in [2.75, 3.05) is 39.4 Å². The molecule has 2 aliphatic rings. The van der Waals surface area contributed by atoms with E-state index in [9.17, 15) is 19.1 Å². The van der Waals surface area contributed by atoms with E-state index in [4.69, 9.17) is 4.74 Å². The van der Waals surface area contributed by atoms with Crippen LogP contribution >= 0.6 is 0 Å². The number of halogens is 1. The number of amides is 1. The summed E-state index contributed by atoms with van der Waals surface area (Å²) in [6.45, 7) is 7.31. The van der Waals surface area contributed by atoms with Gasteiger partial charge in [0.25, 0.3) is 11.7 Å². The number of ether oxygens (including phenoxy) is 1. The number of ketones is 1. The molecule has 33 heavy (non-hydrogen) atoms. The van der Waals surface area contributed by atoms with Crippen LogP contribution in [0.3, 0.4) is 0 Å². The Bertz CT molecular complexity index is 1100. The van der Waals surface area contributed by atoms with Gasteiger partial charge in [0.2, 0.25) is 0 Å². The standard InChI is InChI=1S/C24H27FN4O4/c1-15-18(14-26-16(2)27-15)22(30)20-21(17-6-3-4-7-19(17)25)29(24(32)23(20)31)9-5-8-28-10-12-33-13-11-28/h3-4,6-7,14,21,30H,5,8-13H2,1-2H3/t21-/m1/s1. The second kappa shape index (κ2) is 9.76. The average Bonchev–Trinajstić information content (AvgIpc) is 3.04. The lowest BCUT2D eigenvalue weighted by Gasteiger charge is -2.29. The number of hydrogen-bond donors (Lipinski definition) is 1. The largest absolute Gasteiger partial charge is 0.507 e. The second-order valence-electron chi connectivity index (χ2n) is 8.24. The van der Waals surface area contributed by atoms with Gasteiger partial charge in [0, 0.05) is 37.9 Å². The summed E-state index contributed by atoms with van der Waals surface area (Å²) in [5.41, 5.74) is 0.724. The highest BCUT2D eigenvalue weighted by atomic mass is 19.1. The Morgan fingerprint density at radius 2 is 1.91 bits per heavy atom. The first-order valence-corrected chi connectivity index (χ1v) is 11.0. The molecule has 0 radical (unpaired) electrons. The highest BCUT2D eigenvalue weighted by Gasteiger charge is 2.46. The van der Waals surface area contributed by atoms with Crippen LogP contribution in [0.4, 0.5) is 4.39 Å². The number of carbonyl (C=O) groups is 2. The first-order chi connectivity index (χ1) is 15.9. The van der Waals surface area contributed by atoms with E-state index >= 15 is 0 Å². The lowest BCUT2D eigenvalue weighted by Crippen LogP contribution is -2.39. The van der Waals surface area contributed by atoms with Gasteiger partial charge in [0.1, 0.15) is 17.4 Å². The summed E-state index contributed by atoms with van der Waals surface area (Å²) < 4.78 is 20.2. The Morgan fingerprint density at radius 1 is 1.18 bits per heavy atom. The van der Waals surface area contributed by atoms with Crippen molar-refractivity contribution in [3.63, 3.8) is 0 Å². The first kappa shape index (κ1) is 23.0. The number of aromatic nitrogens is 2. The summed E-state index contributed by atoms with van der Waals surface area (Å²) in [6, 6.07) is 4.97. The summed E-state index contributed by atoms with van der Waals surface area (Å²) in [5, 5.41) is 11.1. The van der Waals surface area contributed by atoms with Crippen LogP contribution in [0.15, 0.2) is 36.0 Å². The van der Waals surface area contributed by atoms with Gasteiger partial charge in [-0.2, -0.15) is 0 Å². The van der Waals surface area contributed by atoms with Gasteiger partial charge in [-0.25, -0.2) is 14.4 Å². The molecule has 2 saturated heterocycles. The zero-order valence-corrected chi connectivity index (χ0v) is 18.8. The fraction of sp³-hybridized carbons (Fsp3) is 0.417. The molecule has 1 atom stereocenters. The molecule has 1 amide bonds. The minimum Gasteiger partial charge on any atom is -0.507 e. The molecule has 9 heteroatoms. The smallest absolute Gasteiger partial charge is 0.295 e. The van der Waals surface area contributed by atoms with E-state index in [0.29, 0.717) is 31.2 Å². The molecule has 3 heterocycles. The number of carbonyl (C=O) groups excluding carboxylic acids is 2. The maximum absolute atomic E-state index is 14.9. The third kappa shape index (κ3) is 4.65. The fourth-order valence-electron chi connectivity index (χ4n) is 4.38. The predicted molar refractivity (Wildman–Crippen MR) is 119 cm³/mol. The van der Waals surface area contributed by atoms with Crippen molar-refractivity contribution in [2.45, 2.75) is 26.3 Å². The Morgan fingerprint density at radius 3 is 2.61 bits per heavy atom. The lowest BCUT2D eigenvalue weighted by molar-refractivity contribution is -0.140. The molecule has 0 aliphatic carbocycles. The molecule has 0 spiro atoms. The van der Waals surface area contributed by atoms with Gasteiger partial charge in [-0.3, -0.25) is 14.5 Å². The van der Waals surface area contributed by atoms with Crippen LogP contribution in [0, 0.1) is 19.7 Å². The van der Waals surface area contributed by atoms with E-state index in [0.717, 1.165) is 19.6 Å². The quantitative estimate of drug-likeness (QED) is 0.407. The van der Waals surface area contributed by atoms with Crippen molar-refractivity contribution in [3.8, 4) is 0 Å². The van der Waals surface area contributed by atoms with Gasteiger partial charge < -0.3 is 14.7 Å². The number of likely N-dealkylation sites (tertiary alicyclic amines) is 1. The highest BCUT2D eigenvalue weighted by molar-refractivity contribution is 6.46. The summed E-state index contributed by atoms with van der Waals surface area (Å²) in [7, 11) is 0. The SMILES string of the molecule is Cc1ncc(C(O)=C2C(=O)C(=O)N(CCCN3CCOCC3)[C@@H]2c2ccccc2F)c(C)n1. The van der Waals surface area contributed by atoms with Gasteiger partial charge in [-0.15, -0.1) is 0 Å². The molecule has 2 aliphatic heterocycles. The highest BCUT2D eigenvalue weighted by Crippen LogP contribution is 2.40. The van der Waals surface area contributed by atoms with Gasteiger partial charge in [-0.05, 0) is 26.3 Å². The summed E-state index contributed by atoms with van der Waals surface area (Å²) >= 11 is 0. The number of nitrogens with zero attached hydrogens (tertiary/aromatic N) is 4. The van der Waals surface area contributed by atoms with E-state index in [1.54, 1.807) is 26.0 Å². The molecule has 174 valence electrons. The molecular formula is C24H27FN4O4. The molecule has 1 aromatic heterocycles. The molecule has 0 bridgehead atoms. The second-order valence-corrected chi connectivity index (χ2v) is 8.24. The number of benzene rings is 1. The van der Waals surface area contributed by atoms with Gasteiger partial charge in [-0.1, -0.05) is 18.2 Å². The molecule has 1 N–H and O–H groups in total. The van der Waals surface area contributed by atoms with Crippen LogP contribution in [0.25, 0.3) is 5.76 Å². The number of Topliss-reactive ketones (excluding diaryl/α,β-unsaturated/α-hetero) is 1. The number of rotatable bonds is 6. The van der Waals surface area contributed by atoms with Crippen LogP contribution in [0.2, 0.25) is 0 Å². The van der Waals surface area contributed by atoms with Crippen LogP contribution in [-0.2, 0) is 14.3 Å². The van der Waals surface area contributed by atoms with Crippen LogP contribution < -0.4 is 0 Å². The van der Waals surface area contributed by atoms with E-state index in [-0.39, 0.29) is 23.2 Å². The number of aryl methyl sites for hydroxylation is 2. The molecule has 2 aromatic rings. The maximum Gasteiger partial charge on any atom is 0.295 e. The Hall–Kier alpha value is -3.17. The number of aliphatic hydroxyl groups is 1. The maximum atomic E-state index is 14.9. The van der Waals surface area contributed by atoms with Crippen LogP contribution in [0.5, 0.6) is 0 Å². The summed E-state index contributed by atoms with van der Waals surface area (Å²) in [5.74, 6) is -2.03. The topological polar surface area (TPSA) is 95.9 Å². The fourth-order valence-corrected chi connectivity index (χ4v) is 4.38. The zero-order valence-electron chi connectivity index (χ0n) is 18.8. The molecule has 0 saturated carbocycles. The summed E-state index contributed by atoms with van der Waals surface area (Å²) in [4.78, 5) is 38.0. The van der Waals surface area contributed by atoms with Crippen molar-refractivity contribution < 1.29 is 23.8 Å². The average molecular weight is 455 g/mol. The van der Waals surface area contributed by atoms with Gasteiger partial charge in [0.15, 0.2) is 0 Å². The number of hydrogen-bond acceptors (Lipinski definition) is 7. The molecular weight excluding hydrogens is 427 g/mol. The van der Waals surface area contributed by atoms with Crippen LogP contribution in [-0.4, -0.2) is 76.0 Å². The third-order valence-corrected chi connectivity index (χ3v) is 6.07. The van der Waals surface area contributed by atoms with Crippen molar-refractivity contribution in [3.05, 3.63) is 64.5 Å². The monoisotopic (exact) mass is 454 g/mol. The third-order valence-electron chi connectivity index (χ3n) is 6.07. The number of morpholine rings is 1. The van der Waals surface area contributed by atoms with Gasteiger partial charge >= 0.3 is 0 Å². The molecule has 4 rings (SSSR count). The molecule has 8 nitrogen and oxygen atoms in total. The van der Waals surface area contributed by atoms with E-state index in [1.807, 2.05) is 0 Å². The van der Waals surface area contributed by atoms with Crippen molar-refractivity contribution in [1.29, 1.82) is 0 Å². The predicted octanol–water partition coefficient (Wildman–Crippen LogP) is 2.38. The van der Waals surface area contributed by atoms with E-state index < -0.39 is 29.3 Å². The number of aliphatic hydroxyl groups excluding tert-OH is 1. The zero-order chi connectivity index (χ0) is 23.5. The molecule has 1 aromatic carbocycles. The van der Waals surface area contributed by atoms with Crippen molar-refractivity contribution >= 4 is 17.4 Å². The van der Waals surface area contributed by atoms with Crippen LogP contribution in [0.1, 0.15) is 35.1 Å². The first-order valence-electron chi connectivity index (χ1n) is 11.0. The normalized spacial score (nSPS) is 21.1. The molecule has 0 unspecified atom stereocenters. The van der Waals surface area contributed by atoms with E-state index in [1.165, 1.54) is 23.2 Å². The Labute approximate surface area is 191 Å². The van der Waals surface area contributed by atoms with Crippen molar-refractivity contribution in [2.24, 2.45) is 0 Å². The van der Waals surface area contributed by atoms with E-state index in [2.05, 4.69) is 14.9 Å².